The molecule has 0 radical (unpaired) electrons. The summed E-state index contributed by atoms with van der Waals surface area (Å²) < 4.78 is 5.71. The van der Waals surface area contributed by atoms with E-state index in [1.807, 2.05) is 0 Å². The first-order chi connectivity index (χ1) is 20.8. The molecule has 1 heterocycles. The third-order valence-corrected chi connectivity index (χ3v) is 7.20. The second-order valence-electron chi connectivity index (χ2n) is 12.5. The van der Waals surface area contributed by atoms with Gasteiger partial charge >= 0.3 is 29.8 Å². The third kappa shape index (κ3) is 17.6. The first-order valence-electron chi connectivity index (χ1n) is 14.7. The van der Waals surface area contributed by atoms with E-state index < -0.39 is 52.9 Å². The van der Waals surface area contributed by atoms with Crippen LogP contribution in [0.1, 0.15) is 47.0 Å². The molecule has 258 valence electrons. The van der Waals surface area contributed by atoms with Crippen molar-refractivity contribution < 1.29 is 59.0 Å². The van der Waals surface area contributed by atoms with Crippen molar-refractivity contribution in [1.82, 2.24) is 24.9 Å². The number of amides is 1. The first-order valence-corrected chi connectivity index (χ1v) is 14.7. The molecule has 45 heavy (non-hydrogen) atoms. The van der Waals surface area contributed by atoms with Crippen LogP contribution in [0, 0.1) is 0 Å². The molecule has 1 fully saturated rings. The zero-order valence-corrected chi connectivity index (χ0v) is 26.6. The fourth-order valence-electron chi connectivity index (χ4n) is 4.91. The summed E-state index contributed by atoms with van der Waals surface area (Å²) >= 11 is 0. The fourth-order valence-corrected chi connectivity index (χ4v) is 4.91. The average molecular weight is 648 g/mol. The SMILES string of the molecule is CC(C)(COC(C)(C)CC(=O)O)NC(=O)CCC(C(=O)O)N1CCN(CC(=O)O)CCN(CC(=O)O)CCN(CC(=O)O)CC1. The lowest BCUT2D eigenvalue weighted by Crippen LogP contribution is -2.52. The monoisotopic (exact) mass is 647 g/mol. The smallest absolute Gasteiger partial charge is 0.320 e. The van der Waals surface area contributed by atoms with Crippen LogP contribution in [-0.2, 0) is 33.5 Å². The molecule has 1 saturated heterocycles. The van der Waals surface area contributed by atoms with Crippen LogP contribution < -0.4 is 5.32 Å². The van der Waals surface area contributed by atoms with E-state index in [0.29, 0.717) is 0 Å². The predicted molar refractivity (Wildman–Crippen MR) is 159 cm³/mol. The summed E-state index contributed by atoms with van der Waals surface area (Å²) in [4.78, 5) is 77.1. The van der Waals surface area contributed by atoms with Crippen LogP contribution in [0.15, 0.2) is 0 Å². The normalized spacial score (nSPS) is 17.9. The van der Waals surface area contributed by atoms with Crippen LogP contribution in [0.3, 0.4) is 0 Å². The van der Waals surface area contributed by atoms with Gasteiger partial charge in [0.1, 0.15) is 6.04 Å². The molecular weight excluding hydrogens is 598 g/mol. The molecule has 1 amide bonds. The van der Waals surface area contributed by atoms with Gasteiger partial charge in [-0.25, -0.2) is 0 Å². The molecular formula is C28H49N5O12. The summed E-state index contributed by atoms with van der Waals surface area (Å²) in [5, 5.41) is 50.1. The summed E-state index contributed by atoms with van der Waals surface area (Å²) in [6, 6.07) is -1.14. The summed E-state index contributed by atoms with van der Waals surface area (Å²) in [6.07, 6.45) is -0.494. The van der Waals surface area contributed by atoms with Crippen LogP contribution in [0.4, 0.5) is 0 Å². The van der Waals surface area contributed by atoms with Crippen LogP contribution >= 0.6 is 0 Å². The minimum absolute atomic E-state index is 0.0101. The molecule has 1 atom stereocenters. The quantitative estimate of drug-likeness (QED) is 0.109. The van der Waals surface area contributed by atoms with Gasteiger partial charge in [0.15, 0.2) is 0 Å². The van der Waals surface area contributed by atoms with Gasteiger partial charge in [-0.2, -0.15) is 0 Å². The van der Waals surface area contributed by atoms with Crippen molar-refractivity contribution in [2.45, 2.75) is 64.1 Å². The zero-order chi connectivity index (χ0) is 34.4. The molecule has 0 aliphatic carbocycles. The minimum atomic E-state index is -1.20. The van der Waals surface area contributed by atoms with Crippen LogP contribution in [0.25, 0.3) is 0 Å². The van der Waals surface area contributed by atoms with E-state index >= 15 is 0 Å². The van der Waals surface area contributed by atoms with Gasteiger partial charge in [0, 0.05) is 58.8 Å². The molecule has 0 aromatic carbocycles. The number of hydrogen-bond donors (Lipinski definition) is 6. The van der Waals surface area contributed by atoms with Crippen molar-refractivity contribution in [3.05, 3.63) is 0 Å². The summed E-state index contributed by atoms with van der Waals surface area (Å²) in [6.45, 7) is 6.90. The number of ether oxygens (including phenoxy) is 1. The van der Waals surface area contributed by atoms with Crippen molar-refractivity contribution in [2.24, 2.45) is 0 Å². The number of hydrogen-bond acceptors (Lipinski definition) is 11. The van der Waals surface area contributed by atoms with Gasteiger partial charge in [0.25, 0.3) is 0 Å². The van der Waals surface area contributed by atoms with Gasteiger partial charge in [-0.3, -0.25) is 48.4 Å². The second kappa shape index (κ2) is 18.6. The summed E-state index contributed by atoms with van der Waals surface area (Å²) in [7, 11) is 0. The Morgan fingerprint density at radius 2 is 1.07 bits per heavy atom. The van der Waals surface area contributed by atoms with Gasteiger partial charge in [-0.1, -0.05) is 0 Å². The molecule has 1 rings (SSSR count). The fraction of sp³-hybridized carbons (Fsp3) is 0.786. The van der Waals surface area contributed by atoms with E-state index in [9.17, 15) is 49.2 Å². The molecule has 6 N–H and O–H groups in total. The molecule has 0 saturated carbocycles. The Hall–Kier alpha value is -3.38. The van der Waals surface area contributed by atoms with Gasteiger partial charge in [0.05, 0.1) is 43.8 Å². The van der Waals surface area contributed by atoms with E-state index in [0.717, 1.165) is 0 Å². The number of carboxylic acid groups (broad SMARTS) is 5. The second-order valence-corrected chi connectivity index (χ2v) is 12.5. The molecule has 0 aromatic rings. The lowest BCUT2D eigenvalue weighted by Gasteiger charge is -2.35. The third-order valence-electron chi connectivity index (χ3n) is 7.20. The van der Waals surface area contributed by atoms with Gasteiger partial charge < -0.3 is 35.6 Å². The number of nitrogens with zero attached hydrogens (tertiary/aromatic N) is 4. The number of carbonyl (C=O) groups excluding carboxylic acids is 1. The van der Waals surface area contributed by atoms with Crippen molar-refractivity contribution >= 4 is 35.8 Å². The molecule has 1 aliphatic heterocycles. The first kappa shape index (κ1) is 39.6. The van der Waals surface area contributed by atoms with E-state index in [1.165, 1.54) is 0 Å². The predicted octanol–water partition coefficient (Wildman–Crippen LogP) is -1.14. The number of carboxylic acids is 5. The molecule has 17 heteroatoms. The highest BCUT2D eigenvalue weighted by Gasteiger charge is 2.31. The van der Waals surface area contributed by atoms with Crippen LogP contribution in [0.5, 0.6) is 0 Å². The number of aliphatic carboxylic acids is 5. The van der Waals surface area contributed by atoms with Gasteiger partial charge in [-0.15, -0.1) is 0 Å². The molecule has 0 spiro atoms. The largest absolute Gasteiger partial charge is 0.481 e. The molecule has 1 unspecified atom stereocenters. The average Bonchev–Trinajstić information content (AvgIpc) is 2.86. The number of carbonyl (C=O) groups is 6. The van der Waals surface area contributed by atoms with Crippen LogP contribution in [-0.4, -0.2) is 177 Å². The van der Waals surface area contributed by atoms with Crippen molar-refractivity contribution in [2.75, 3.05) is 78.6 Å². The Labute approximate surface area is 262 Å². The van der Waals surface area contributed by atoms with E-state index in [2.05, 4.69) is 5.32 Å². The Morgan fingerprint density at radius 3 is 1.42 bits per heavy atom. The highest BCUT2D eigenvalue weighted by atomic mass is 16.5. The van der Waals surface area contributed by atoms with Crippen molar-refractivity contribution in [1.29, 1.82) is 0 Å². The van der Waals surface area contributed by atoms with E-state index in [1.54, 1.807) is 47.3 Å². The summed E-state index contributed by atoms with van der Waals surface area (Å²) in [5.74, 6) is -5.95. The minimum Gasteiger partial charge on any atom is -0.481 e. The maximum absolute atomic E-state index is 12.9. The highest BCUT2D eigenvalue weighted by molar-refractivity contribution is 5.79. The maximum atomic E-state index is 12.9. The van der Waals surface area contributed by atoms with Crippen molar-refractivity contribution in [3.8, 4) is 0 Å². The topological polar surface area (TPSA) is 238 Å². The van der Waals surface area contributed by atoms with Gasteiger partial charge in [-0.05, 0) is 34.1 Å². The Kier molecular flexibility index (Phi) is 16.3. The molecule has 17 nitrogen and oxygen atoms in total. The zero-order valence-electron chi connectivity index (χ0n) is 26.6. The van der Waals surface area contributed by atoms with Crippen molar-refractivity contribution in [3.63, 3.8) is 0 Å². The lowest BCUT2D eigenvalue weighted by atomic mass is 10.0. The molecule has 1 aliphatic rings. The molecule has 0 aromatic heterocycles. The Bertz CT molecular complexity index is 1010. The molecule has 0 bridgehead atoms. The van der Waals surface area contributed by atoms with Gasteiger partial charge in [0.2, 0.25) is 5.91 Å². The van der Waals surface area contributed by atoms with E-state index in [-0.39, 0.29) is 97.9 Å². The standard InChI is InChI=1S/C28H49N5O12/c1-27(2,19-45-28(3,4)15-22(35)36)29-21(34)6-5-20(26(43)44)33-13-11-31(17-24(39)40)9-7-30(16-23(37)38)8-10-32(12-14-33)18-25(41)42/h20H,5-19H2,1-4H3,(H,29,34)(H,35,36)(H,37,38)(H,39,40)(H,41,42)(H,43,44). The van der Waals surface area contributed by atoms with Crippen LogP contribution in [0.2, 0.25) is 0 Å². The maximum Gasteiger partial charge on any atom is 0.320 e. The number of nitrogens with one attached hydrogen (secondary N) is 1. The Morgan fingerprint density at radius 1 is 0.667 bits per heavy atom. The number of rotatable bonds is 17. The summed E-state index contributed by atoms with van der Waals surface area (Å²) in [5.41, 5.74) is -1.86. The van der Waals surface area contributed by atoms with E-state index in [4.69, 9.17) is 9.84 Å². The Balaban J connectivity index is 3.05. The highest BCUT2D eigenvalue weighted by Crippen LogP contribution is 2.18. The lowest BCUT2D eigenvalue weighted by molar-refractivity contribution is -0.146.